The number of carbonyl (C=O) groups is 1. The molecule has 5 heteroatoms. The highest BCUT2D eigenvalue weighted by Crippen LogP contribution is 2.05. The van der Waals surface area contributed by atoms with Crippen LogP contribution in [0.5, 0.6) is 0 Å². The Hall–Kier alpha value is -2.04. The average Bonchev–Trinajstić information content (AvgIpc) is 2.18. The number of carbonyl (C=O) groups excluding carboxylic acids is 1. The van der Waals surface area contributed by atoms with Gasteiger partial charge in [0.2, 0.25) is 0 Å². The van der Waals surface area contributed by atoms with Crippen molar-refractivity contribution < 1.29 is 9.53 Å². The van der Waals surface area contributed by atoms with E-state index >= 15 is 0 Å². The second-order valence-electron chi connectivity index (χ2n) is 3.03. The number of hydrogen-bond acceptors (Lipinski definition) is 3. The van der Waals surface area contributed by atoms with Crippen LogP contribution in [0.4, 0.5) is 0 Å². The van der Waals surface area contributed by atoms with Crippen LogP contribution in [0.1, 0.15) is 20.3 Å². The van der Waals surface area contributed by atoms with Crippen LogP contribution in [-0.2, 0) is 9.53 Å². The van der Waals surface area contributed by atoms with Gasteiger partial charge in [0.05, 0.1) is 6.61 Å². The average molecular weight is 239 g/mol. The van der Waals surface area contributed by atoms with Crippen LogP contribution in [0.25, 0.3) is 0 Å². The third-order valence-electron chi connectivity index (χ3n) is 1.31. The fourth-order valence-corrected chi connectivity index (χ4v) is 0.761. The maximum atomic E-state index is 9.82. The van der Waals surface area contributed by atoms with Gasteiger partial charge in [-0.1, -0.05) is 36.5 Å². The standard InChI is InChI=1S/C7H8.C4H8O2.CH5N3/c1-7-5-3-2-4-6-7;1-3-6-4(2)5;2-1(3)4/h2-5H,1,6H2;3H2,1-2H3;(H5,2,3,4). The summed E-state index contributed by atoms with van der Waals surface area (Å²) in [5.74, 6) is -0.544. The second-order valence-corrected chi connectivity index (χ2v) is 3.03. The monoisotopic (exact) mass is 239 g/mol. The molecule has 1 aliphatic carbocycles. The van der Waals surface area contributed by atoms with Crippen LogP contribution in [0.3, 0.4) is 0 Å². The molecule has 1 rings (SSSR count). The van der Waals surface area contributed by atoms with Gasteiger partial charge < -0.3 is 16.2 Å². The lowest BCUT2D eigenvalue weighted by molar-refractivity contribution is -0.140. The van der Waals surface area contributed by atoms with Crippen molar-refractivity contribution in [1.82, 2.24) is 0 Å². The molecular weight excluding hydrogens is 218 g/mol. The number of ether oxygens (including phenoxy) is 1. The number of hydrogen-bond donors (Lipinski definition) is 3. The maximum Gasteiger partial charge on any atom is 0.302 e. The zero-order valence-electron chi connectivity index (χ0n) is 10.4. The van der Waals surface area contributed by atoms with E-state index in [1.165, 1.54) is 12.5 Å². The van der Waals surface area contributed by atoms with Gasteiger partial charge in [-0.15, -0.1) is 0 Å². The zero-order valence-corrected chi connectivity index (χ0v) is 10.4. The fourth-order valence-electron chi connectivity index (χ4n) is 0.761. The van der Waals surface area contributed by atoms with Crippen LogP contribution >= 0.6 is 0 Å². The fraction of sp³-hybridized carbons (Fsp3) is 0.333. The highest BCUT2D eigenvalue weighted by atomic mass is 16.5. The van der Waals surface area contributed by atoms with E-state index in [2.05, 4.69) is 28.9 Å². The first-order valence-electron chi connectivity index (χ1n) is 5.14. The molecule has 0 heterocycles. The second kappa shape index (κ2) is 12.0. The van der Waals surface area contributed by atoms with Crippen LogP contribution in [0, 0.1) is 5.41 Å². The smallest absolute Gasteiger partial charge is 0.302 e. The van der Waals surface area contributed by atoms with E-state index in [0.29, 0.717) is 6.61 Å². The lowest BCUT2D eigenvalue weighted by Crippen LogP contribution is -2.20. The summed E-state index contributed by atoms with van der Waals surface area (Å²) >= 11 is 0. The lowest BCUT2D eigenvalue weighted by atomic mass is 10.1. The summed E-state index contributed by atoms with van der Waals surface area (Å²) in [7, 11) is 0. The molecule has 5 nitrogen and oxygen atoms in total. The molecule has 0 unspecified atom stereocenters. The van der Waals surface area contributed by atoms with Crippen molar-refractivity contribution in [1.29, 1.82) is 5.41 Å². The van der Waals surface area contributed by atoms with Gasteiger partial charge in [-0.25, -0.2) is 0 Å². The summed E-state index contributed by atoms with van der Waals surface area (Å²) in [6.07, 6.45) is 9.19. The minimum absolute atomic E-state index is 0.211. The van der Waals surface area contributed by atoms with E-state index in [0.717, 1.165) is 6.42 Å². The molecule has 0 fully saturated rings. The lowest BCUT2D eigenvalue weighted by Gasteiger charge is -1.94. The summed E-state index contributed by atoms with van der Waals surface area (Å²) in [5.41, 5.74) is 10.1. The molecule has 0 radical (unpaired) electrons. The van der Waals surface area contributed by atoms with Gasteiger partial charge in [0.25, 0.3) is 0 Å². The Balaban J connectivity index is 0. The van der Waals surface area contributed by atoms with E-state index in [1.54, 1.807) is 6.92 Å². The molecule has 0 saturated carbocycles. The largest absolute Gasteiger partial charge is 0.466 e. The van der Waals surface area contributed by atoms with Crippen LogP contribution in [-0.4, -0.2) is 18.5 Å². The topological polar surface area (TPSA) is 102 Å². The minimum atomic E-state index is -0.333. The Bertz CT molecular complexity index is 303. The number of guanidine groups is 1. The quantitative estimate of drug-likeness (QED) is 0.366. The molecule has 5 N–H and O–H groups in total. The minimum Gasteiger partial charge on any atom is -0.466 e. The number of esters is 1. The van der Waals surface area contributed by atoms with Crippen LogP contribution < -0.4 is 11.5 Å². The third-order valence-corrected chi connectivity index (χ3v) is 1.31. The van der Waals surface area contributed by atoms with E-state index in [1.807, 2.05) is 18.2 Å². The van der Waals surface area contributed by atoms with Crippen molar-refractivity contribution in [3.8, 4) is 0 Å². The molecule has 0 saturated heterocycles. The first kappa shape index (κ1) is 17.4. The van der Waals surface area contributed by atoms with Crippen molar-refractivity contribution in [2.75, 3.05) is 6.61 Å². The number of nitrogens with one attached hydrogen (secondary N) is 1. The van der Waals surface area contributed by atoms with Crippen LogP contribution in [0.2, 0.25) is 0 Å². The predicted octanol–water partition coefficient (Wildman–Crippen LogP) is 1.47. The highest BCUT2D eigenvalue weighted by molar-refractivity contribution is 5.71. The first-order chi connectivity index (χ1) is 7.90. The molecule has 0 aromatic heterocycles. The Kier molecular flexibility index (Phi) is 12.3. The molecule has 1 aliphatic rings. The molecule has 0 amide bonds. The molecule has 0 bridgehead atoms. The Morgan fingerprint density at radius 3 is 2.18 bits per heavy atom. The normalized spacial score (nSPS) is 11.5. The summed E-state index contributed by atoms with van der Waals surface area (Å²) < 4.78 is 4.40. The predicted molar refractivity (Wildman–Crippen MR) is 70.4 cm³/mol. The molecule has 0 aromatic carbocycles. The number of allylic oxidation sites excluding steroid dienone is 5. The molecule has 0 spiro atoms. The van der Waals surface area contributed by atoms with Gasteiger partial charge in [0.1, 0.15) is 0 Å². The van der Waals surface area contributed by atoms with Gasteiger partial charge in [-0.2, -0.15) is 0 Å². The van der Waals surface area contributed by atoms with Gasteiger partial charge in [0.15, 0.2) is 5.96 Å². The molecule has 96 valence electrons. The first-order valence-corrected chi connectivity index (χ1v) is 5.14. The van der Waals surface area contributed by atoms with Crippen LogP contribution in [0.15, 0.2) is 36.5 Å². The van der Waals surface area contributed by atoms with Crippen molar-refractivity contribution >= 4 is 11.9 Å². The summed E-state index contributed by atoms with van der Waals surface area (Å²) in [4.78, 5) is 9.82. The van der Waals surface area contributed by atoms with Gasteiger partial charge in [-0.3, -0.25) is 10.2 Å². The highest BCUT2D eigenvalue weighted by Gasteiger charge is 1.85. The summed E-state index contributed by atoms with van der Waals surface area (Å²) in [6.45, 7) is 7.43. The van der Waals surface area contributed by atoms with Crippen molar-refractivity contribution in [2.45, 2.75) is 20.3 Å². The van der Waals surface area contributed by atoms with E-state index < -0.39 is 0 Å². The summed E-state index contributed by atoms with van der Waals surface area (Å²) in [6, 6.07) is 0. The molecule has 0 aromatic rings. The Morgan fingerprint density at radius 2 is 2.06 bits per heavy atom. The Labute approximate surface area is 102 Å². The number of rotatable bonds is 1. The number of nitrogens with two attached hydrogens (primary N) is 2. The van der Waals surface area contributed by atoms with Gasteiger partial charge in [-0.05, 0) is 13.3 Å². The molecule has 0 atom stereocenters. The SMILES string of the molecule is C=C1C=CC=CC1.CCOC(C)=O.N=C(N)N. The van der Waals surface area contributed by atoms with E-state index in [4.69, 9.17) is 5.41 Å². The Morgan fingerprint density at radius 1 is 1.53 bits per heavy atom. The van der Waals surface area contributed by atoms with Crippen molar-refractivity contribution in [3.05, 3.63) is 36.5 Å². The van der Waals surface area contributed by atoms with E-state index in [-0.39, 0.29) is 11.9 Å². The van der Waals surface area contributed by atoms with Gasteiger partial charge in [0, 0.05) is 6.92 Å². The summed E-state index contributed by atoms with van der Waals surface area (Å²) in [5, 5.41) is 6.06. The van der Waals surface area contributed by atoms with Crippen molar-refractivity contribution in [2.24, 2.45) is 11.5 Å². The zero-order chi connectivity index (χ0) is 13.7. The maximum absolute atomic E-state index is 9.82. The van der Waals surface area contributed by atoms with E-state index in [9.17, 15) is 4.79 Å². The molecular formula is C12H21N3O2. The molecule has 17 heavy (non-hydrogen) atoms. The van der Waals surface area contributed by atoms with Gasteiger partial charge >= 0.3 is 5.97 Å². The van der Waals surface area contributed by atoms with Crippen molar-refractivity contribution in [3.63, 3.8) is 0 Å². The molecule has 0 aliphatic heterocycles. The third kappa shape index (κ3) is 24.9.